The van der Waals surface area contributed by atoms with Gasteiger partial charge in [-0.3, -0.25) is 9.48 Å². The van der Waals surface area contributed by atoms with Gasteiger partial charge in [0.2, 0.25) is 0 Å². The van der Waals surface area contributed by atoms with Crippen LogP contribution in [0, 0.1) is 0 Å². The number of fused-ring (bicyclic) bond motifs is 2. The molecular formula is C16H14F3N3O. The maximum atomic E-state index is 12.8. The Morgan fingerprint density at radius 3 is 2.57 bits per heavy atom. The van der Waals surface area contributed by atoms with Gasteiger partial charge in [0.25, 0.3) is 5.91 Å². The van der Waals surface area contributed by atoms with Crippen LogP contribution in [0.4, 0.5) is 18.9 Å². The lowest BCUT2D eigenvalue weighted by molar-refractivity contribution is -0.141. The summed E-state index contributed by atoms with van der Waals surface area (Å²) >= 11 is 0. The average molecular weight is 321 g/mol. The zero-order valence-corrected chi connectivity index (χ0v) is 12.4. The largest absolute Gasteiger partial charge is 0.435 e. The number of carbonyl (C=O) groups is 1. The molecule has 2 aliphatic rings. The van der Waals surface area contributed by atoms with Gasteiger partial charge in [-0.05, 0) is 24.5 Å². The normalized spacial score (nSPS) is 18.3. The van der Waals surface area contributed by atoms with Crippen LogP contribution in [0.2, 0.25) is 0 Å². The van der Waals surface area contributed by atoms with E-state index in [2.05, 4.69) is 5.10 Å². The number of aromatic nitrogens is 2. The maximum Gasteiger partial charge on any atom is 0.435 e. The predicted octanol–water partition coefficient (Wildman–Crippen LogP) is 3.13. The molecule has 2 heterocycles. The van der Waals surface area contributed by atoms with E-state index >= 15 is 0 Å². The van der Waals surface area contributed by atoms with Gasteiger partial charge in [0.15, 0.2) is 5.69 Å². The lowest BCUT2D eigenvalue weighted by atomic mass is 9.99. The Bertz CT molecular complexity index is 805. The monoisotopic (exact) mass is 321 g/mol. The van der Waals surface area contributed by atoms with E-state index in [1.54, 1.807) is 4.90 Å². The highest BCUT2D eigenvalue weighted by Gasteiger charge is 2.53. The summed E-state index contributed by atoms with van der Waals surface area (Å²) in [5, 5.41) is 3.43. The third-order valence-electron chi connectivity index (χ3n) is 4.72. The number of alkyl halides is 3. The molecule has 7 heteroatoms. The SMILES string of the molecule is Cn1nc(C(F)(F)F)cc1C(=O)N1CC2(CC2)c2ccccc21. The van der Waals surface area contributed by atoms with Crippen molar-refractivity contribution in [1.29, 1.82) is 0 Å². The molecule has 0 radical (unpaired) electrons. The summed E-state index contributed by atoms with van der Waals surface area (Å²) < 4.78 is 39.4. The molecule has 1 saturated carbocycles. The Balaban J connectivity index is 1.73. The maximum absolute atomic E-state index is 12.8. The molecule has 0 atom stereocenters. The summed E-state index contributed by atoms with van der Waals surface area (Å²) in [6, 6.07) is 8.44. The molecule has 23 heavy (non-hydrogen) atoms. The molecule has 4 rings (SSSR count). The number of rotatable bonds is 1. The molecule has 1 fully saturated rings. The van der Waals surface area contributed by atoms with Crippen molar-refractivity contribution in [3.63, 3.8) is 0 Å². The van der Waals surface area contributed by atoms with Crippen LogP contribution >= 0.6 is 0 Å². The zero-order valence-electron chi connectivity index (χ0n) is 12.4. The molecule has 2 aromatic rings. The van der Waals surface area contributed by atoms with Gasteiger partial charge in [0.05, 0.1) is 0 Å². The number of nitrogens with zero attached hydrogens (tertiary/aromatic N) is 3. The summed E-state index contributed by atoms with van der Waals surface area (Å²) in [4.78, 5) is 14.4. The number of amides is 1. The summed E-state index contributed by atoms with van der Waals surface area (Å²) in [5.74, 6) is -0.438. The van der Waals surface area contributed by atoms with Gasteiger partial charge in [-0.15, -0.1) is 0 Å². The van der Waals surface area contributed by atoms with Crippen LogP contribution in [0.5, 0.6) is 0 Å². The Morgan fingerprint density at radius 2 is 1.96 bits per heavy atom. The van der Waals surface area contributed by atoms with E-state index in [4.69, 9.17) is 0 Å². The molecule has 1 amide bonds. The summed E-state index contributed by atoms with van der Waals surface area (Å²) in [6.07, 6.45) is -2.54. The quantitative estimate of drug-likeness (QED) is 0.809. The van der Waals surface area contributed by atoms with E-state index in [0.717, 1.165) is 34.8 Å². The molecule has 1 spiro atoms. The lowest BCUT2D eigenvalue weighted by Gasteiger charge is -2.17. The number of para-hydroxylation sites is 1. The number of benzene rings is 1. The summed E-state index contributed by atoms with van der Waals surface area (Å²) in [6.45, 7) is 0.526. The first-order valence-electron chi connectivity index (χ1n) is 7.34. The van der Waals surface area contributed by atoms with Crippen LogP contribution < -0.4 is 4.90 Å². The molecule has 120 valence electrons. The minimum Gasteiger partial charge on any atom is -0.306 e. The van der Waals surface area contributed by atoms with Crippen molar-refractivity contribution in [2.24, 2.45) is 7.05 Å². The number of aryl methyl sites for hydroxylation is 1. The molecule has 0 unspecified atom stereocenters. The smallest absolute Gasteiger partial charge is 0.306 e. The zero-order chi connectivity index (χ0) is 16.4. The number of hydrogen-bond donors (Lipinski definition) is 0. The van der Waals surface area contributed by atoms with Gasteiger partial charge >= 0.3 is 6.18 Å². The van der Waals surface area contributed by atoms with Crippen molar-refractivity contribution >= 4 is 11.6 Å². The van der Waals surface area contributed by atoms with E-state index in [1.807, 2.05) is 24.3 Å². The van der Waals surface area contributed by atoms with Crippen LogP contribution in [-0.4, -0.2) is 22.2 Å². The molecule has 1 aliphatic heterocycles. The fourth-order valence-electron chi connectivity index (χ4n) is 3.33. The highest BCUT2D eigenvalue weighted by atomic mass is 19.4. The molecular weight excluding hydrogens is 307 g/mol. The van der Waals surface area contributed by atoms with Crippen molar-refractivity contribution in [2.45, 2.75) is 24.4 Å². The molecule has 0 bridgehead atoms. The molecule has 0 saturated heterocycles. The second kappa shape index (κ2) is 4.37. The van der Waals surface area contributed by atoms with E-state index in [9.17, 15) is 18.0 Å². The molecule has 1 aromatic heterocycles. The minimum atomic E-state index is -4.56. The number of halogens is 3. The molecule has 1 aromatic carbocycles. The van der Waals surface area contributed by atoms with Gasteiger partial charge in [-0.25, -0.2) is 0 Å². The highest BCUT2D eigenvalue weighted by molar-refractivity contribution is 6.07. The van der Waals surface area contributed by atoms with E-state index in [0.29, 0.717) is 6.54 Å². The second-order valence-electron chi connectivity index (χ2n) is 6.22. The van der Waals surface area contributed by atoms with Crippen molar-refractivity contribution in [3.05, 3.63) is 47.3 Å². The highest BCUT2D eigenvalue weighted by Crippen LogP contribution is 2.56. The minimum absolute atomic E-state index is 0.00228. The fraction of sp³-hybridized carbons (Fsp3) is 0.375. The van der Waals surface area contributed by atoms with Crippen LogP contribution in [0.15, 0.2) is 30.3 Å². The van der Waals surface area contributed by atoms with Crippen molar-refractivity contribution in [3.8, 4) is 0 Å². The fourth-order valence-corrected chi connectivity index (χ4v) is 3.33. The molecule has 1 aliphatic carbocycles. The Morgan fingerprint density at radius 1 is 1.26 bits per heavy atom. The topological polar surface area (TPSA) is 38.1 Å². The summed E-state index contributed by atoms with van der Waals surface area (Å²) in [7, 11) is 1.36. The number of carbonyl (C=O) groups excluding carboxylic acids is 1. The lowest BCUT2D eigenvalue weighted by Crippen LogP contribution is -2.32. The van der Waals surface area contributed by atoms with E-state index in [1.165, 1.54) is 7.05 Å². The Labute approximate surface area is 130 Å². The van der Waals surface area contributed by atoms with Crippen molar-refractivity contribution in [2.75, 3.05) is 11.4 Å². The molecule has 0 N–H and O–H groups in total. The standard InChI is InChI=1S/C16H14F3N3O/c1-21-12(8-13(20-21)16(17,18)19)14(23)22-9-15(6-7-15)10-4-2-3-5-11(10)22/h2-5,8H,6-7,9H2,1H3. The molecule has 4 nitrogen and oxygen atoms in total. The van der Waals surface area contributed by atoms with Crippen LogP contribution in [0.3, 0.4) is 0 Å². The first-order chi connectivity index (χ1) is 10.8. The number of anilines is 1. The van der Waals surface area contributed by atoms with Gasteiger partial charge in [-0.1, -0.05) is 18.2 Å². The van der Waals surface area contributed by atoms with Gasteiger partial charge in [0, 0.05) is 30.8 Å². The third kappa shape index (κ3) is 2.06. The average Bonchev–Trinajstić information content (AvgIpc) is 3.05. The first kappa shape index (κ1) is 14.3. The van der Waals surface area contributed by atoms with Crippen molar-refractivity contribution < 1.29 is 18.0 Å². The third-order valence-corrected chi connectivity index (χ3v) is 4.72. The van der Waals surface area contributed by atoms with E-state index in [-0.39, 0.29) is 11.1 Å². The van der Waals surface area contributed by atoms with Crippen molar-refractivity contribution in [1.82, 2.24) is 9.78 Å². The Hall–Kier alpha value is -2.31. The Kier molecular flexibility index (Phi) is 2.71. The number of hydrogen-bond acceptors (Lipinski definition) is 2. The first-order valence-corrected chi connectivity index (χ1v) is 7.34. The van der Waals surface area contributed by atoms with Gasteiger partial charge in [0.1, 0.15) is 5.69 Å². The van der Waals surface area contributed by atoms with Gasteiger partial charge < -0.3 is 4.90 Å². The van der Waals surface area contributed by atoms with Crippen LogP contribution in [0.1, 0.15) is 34.6 Å². The second-order valence-corrected chi connectivity index (χ2v) is 6.22. The summed E-state index contributed by atoms with van der Waals surface area (Å²) in [5.41, 5.74) is 0.815. The van der Waals surface area contributed by atoms with E-state index < -0.39 is 17.8 Å². The predicted molar refractivity (Wildman–Crippen MR) is 77.2 cm³/mol. The van der Waals surface area contributed by atoms with Gasteiger partial charge in [-0.2, -0.15) is 18.3 Å². The van der Waals surface area contributed by atoms with Crippen LogP contribution in [-0.2, 0) is 18.6 Å². The van der Waals surface area contributed by atoms with Crippen LogP contribution in [0.25, 0.3) is 0 Å².